The predicted octanol–water partition coefficient (Wildman–Crippen LogP) is 1.33. The molecule has 18 heavy (non-hydrogen) atoms. The molecule has 0 aliphatic carbocycles. The number of nitrogens with one attached hydrogen (secondary N) is 1. The Morgan fingerprint density at radius 2 is 2.28 bits per heavy atom. The molecule has 5 heteroatoms. The molecular formula is C13H17FN2O2. The summed E-state index contributed by atoms with van der Waals surface area (Å²) < 4.78 is 18.6. The molecule has 1 aromatic rings. The highest BCUT2D eigenvalue weighted by molar-refractivity contribution is 5.77. The fraction of sp³-hybridized carbons (Fsp3) is 0.462. The van der Waals surface area contributed by atoms with Crippen LogP contribution in [0.2, 0.25) is 0 Å². The Bertz CT molecular complexity index is 451. The van der Waals surface area contributed by atoms with E-state index in [-0.39, 0.29) is 17.8 Å². The minimum atomic E-state index is -0.322. The van der Waals surface area contributed by atoms with Gasteiger partial charge in [-0.3, -0.25) is 4.79 Å². The van der Waals surface area contributed by atoms with Gasteiger partial charge in [-0.1, -0.05) is 0 Å². The Labute approximate surface area is 106 Å². The molecule has 1 amide bonds. The van der Waals surface area contributed by atoms with Gasteiger partial charge in [-0.2, -0.15) is 0 Å². The lowest BCUT2D eigenvalue weighted by Gasteiger charge is -2.18. The number of benzene rings is 1. The van der Waals surface area contributed by atoms with Crippen molar-refractivity contribution in [3.8, 4) is 5.75 Å². The Kier molecular flexibility index (Phi) is 3.81. The zero-order valence-corrected chi connectivity index (χ0v) is 10.6. The second-order valence-corrected chi connectivity index (χ2v) is 4.41. The third-order valence-corrected chi connectivity index (χ3v) is 3.21. The van der Waals surface area contributed by atoms with Crippen molar-refractivity contribution in [3.63, 3.8) is 0 Å². The van der Waals surface area contributed by atoms with Crippen molar-refractivity contribution in [2.45, 2.75) is 12.5 Å². The van der Waals surface area contributed by atoms with E-state index >= 15 is 0 Å². The van der Waals surface area contributed by atoms with E-state index in [1.807, 2.05) is 0 Å². The maximum atomic E-state index is 13.3. The van der Waals surface area contributed by atoms with Gasteiger partial charge < -0.3 is 15.0 Å². The number of carbonyl (C=O) groups excluding carboxylic acids is 1. The first-order valence-electron chi connectivity index (χ1n) is 5.92. The average Bonchev–Trinajstić information content (AvgIpc) is 2.52. The molecule has 0 spiro atoms. The lowest BCUT2D eigenvalue weighted by Crippen LogP contribution is -2.27. The molecule has 1 saturated heterocycles. The van der Waals surface area contributed by atoms with Crippen LogP contribution < -0.4 is 10.1 Å². The van der Waals surface area contributed by atoms with Gasteiger partial charge in [0, 0.05) is 38.2 Å². The Morgan fingerprint density at radius 3 is 3.00 bits per heavy atom. The van der Waals surface area contributed by atoms with Crippen LogP contribution in [-0.4, -0.2) is 38.1 Å². The monoisotopic (exact) mass is 252 g/mol. The summed E-state index contributed by atoms with van der Waals surface area (Å²) in [6.45, 7) is 1.35. The van der Waals surface area contributed by atoms with E-state index in [1.165, 1.54) is 12.1 Å². The maximum Gasteiger partial charge on any atom is 0.224 e. The van der Waals surface area contributed by atoms with Crippen LogP contribution in [0, 0.1) is 5.82 Å². The molecule has 0 bridgehead atoms. The van der Waals surface area contributed by atoms with Crippen LogP contribution >= 0.6 is 0 Å². The lowest BCUT2D eigenvalue weighted by atomic mass is 10.0. The molecule has 1 unspecified atom stereocenters. The van der Waals surface area contributed by atoms with Crippen LogP contribution in [0.3, 0.4) is 0 Å². The first-order valence-corrected chi connectivity index (χ1v) is 5.92. The van der Waals surface area contributed by atoms with Crippen LogP contribution in [0.25, 0.3) is 0 Å². The van der Waals surface area contributed by atoms with Gasteiger partial charge in [0.25, 0.3) is 0 Å². The van der Waals surface area contributed by atoms with Gasteiger partial charge in [-0.05, 0) is 18.2 Å². The summed E-state index contributed by atoms with van der Waals surface area (Å²) in [5.41, 5.74) is 0.696. The van der Waals surface area contributed by atoms with E-state index in [0.717, 1.165) is 0 Å². The molecule has 1 fully saturated rings. The number of methoxy groups -OCH3 is 1. The average molecular weight is 252 g/mol. The fourth-order valence-corrected chi connectivity index (χ4v) is 2.13. The SMILES string of the molecule is COc1ccc(F)cc1C1CC(=O)N(C)CCN1. The van der Waals surface area contributed by atoms with Crippen LogP contribution in [0.1, 0.15) is 18.0 Å². The number of carbonyl (C=O) groups is 1. The number of ether oxygens (including phenoxy) is 1. The standard InChI is InChI=1S/C13H17FN2O2/c1-16-6-5-15-11(8-13(16)17)10-7-9(14)3-4-12(10)18-2/h3-4,7,11,15H,5-6,8H2,1-2H3. The molecule has 1 aliphatic heterocycles. The van der Waals surface area contributed by atoms with Crippen molar-refractivity contribution >= 4 is 5.91 Å². The third-order valence-electron chi connectivity index (χ3n) is 3.21. The fourth-order valence-electron chi connectivity index (χ4n) is 2.13. The lowest BCUT2D eigenvalue weighted by molar-refractivity contribution is -0.129. The highest BCUT2D eigenvalue weighted by Gasteiger charge is 2.24. The van der Waals surface area contributed by atoms with Gasteiger partial charge in [-0.25, -0.2) is 4.39 Å². The molecular weight excluding hydrogens is 235 g/mol. The number of rotatable bonds is 2. The summed E-state index contributed by atoms with van der Waals surface area (Å²) in [4.78, 5) is 13.5. The Balaban J connectivity index is 2.29. The first kappa shape index (κ1) is 12.8. The minimum absolute atomic E-state index is 0.0521. The smallest absolute Gasteiger partial charge is 0.224 e. The van der Waals surface area contributed by atoms with Crippen molar-refractivity contribution in [2.24, 2.45) is 0 Å². The molecule has 1 aromatic carbocycles. The largest absolute Gasteiger partial charge is 0.496 e. The van der Waals surface area contributed by atoms with Crippen molar-refractivity contribution in [3.05, 3.63) is 29.6 Å². The second-order valence-electron chi connectivity index (χ2n) is 4.41. The van der Waals surface area contributed by atoms with E-state index < -0.39 is 0 Å². The van der Waals surface area contributed by atoms with Crippen molar-refractivity contribution in [2.75, 3.05) is 27.2 Å². The van der Waals surface area contributed by atoms with Gasteiger partial charge >= 0.3 is 0 Å². The summed E-state index contributed by atoms with van der Waals surface area (Å²) in [5, 5.41) is 3.25. The normalized spacial score (nSPS) is 20.7. The number of halogens is 1. The Morgan fingerprint density at radius 1 is 1.50 bits per heavy atom. The van der Waals surface area contributed by atoms with Crippen molar-refractivity contribution in [1.29, 1.82) is 0 Å². The summed E-state index contributed by atoms with van der Waals surface area (Å²) in [7, 11) is 3.32. The summed E-state index contributed by atoms with van der Waals surface area (Å²) in [6.07, 6.45) is 0.316. The number of hydrogen-bond acceptors (Lipinski definition) is 3. The third kappa shape index (κ3) is 2.61. The topological polar surface area (TPSA) is 41.6 Å². The molecule has 1 heterocycles. The quantitative estimate of drug-likeness (QED) is 0.863. The highest BCUT2D eigenvalue weighted by Crippen LogP contribution is 2.29. The van der Waals surface area contributed by atoms with Crippen LogP contribution in [0.4, 0.5) is 4.39 Å². The van der Waals surface area contributed by atoms with E-state index in [4.69, 9.17) is 4.74 Å². The molecule has 4 nitrogen and oxygen atoms in total. The molecule has 0 aromatic heterocycles. The van der Waals surface area contributed by atoms with E-state index in [1.54, 1.807) is 25.1 Å². The summed E-state index contributed by atoms with van der Waals surface area (Å²) >= 11 is 0. The molecule has 98 valence electrons. The minimum Gasteiger partial charge on any atom is -0.496 e. The number of likely N-dealkylation sites (N-methyl/N-ethyl adjacent to an activating group) is 1. The van der Waals surface area contributed by atoms with Gasteiger partial charge in [0.1, 0.15) is 11.6 Å². The molecule has 1 aliphatic rings. The molecule has 1 N–H and O–H groups in total. The van der Waals surface area contributed by atoms with Crippen molar-refractivity contribution in [1.82, 2.24) is 10.2 Å². The van der Waals surface area contributed by atoms with Gasteiger partial charge in [0.05, 0.1) is 7.11 Å². The predicted molar refractivity (Wildman–Crippen MR) is 65.9 cm³/mol. The number of amides is 1. The summed E-state index contributed by atoms with van der Waals surface area (Å²) in [5.74, 6) is 0.334. The first-order chi connectivity index (χ1) is 8.61. The molecule has 1 atom stereocenters. The zero-order valence-electron chi connectivity index (χ0n) is 10.6. The van der Waals surface area contributed by atoms with E-state index in [2.05, 4.69) is 5.32 Å². The van der Waals surface area contributed by atoms with Crippen LogP contribution in [-0.2, 0) is 4.79 Å². The summed E-state index contributed by atoms with van der Waals surface area (Å²) in [6, 6.07) is 4.17. The Hall–Kier alpha value is -1.62. The molecule has 0 saturated carbocycles. The molecule has 2 rings (SSSR count). The van der Waals surface area contributed by atoms with Crippen molar-refractivity contribution < 1.29 is 13.9 Å². The molecule has 0 radical (unpaired) electrons. The zero-order chi connectivity index (χ0) is 13.1. The van der Waals surface area contributed by atoms with Crippen LogP contribution in [0.15, 0.2) is 18.2 Å². The van der Waals surface area contributed by atoms with E-state index in [9.17, 15) is 9.18 Å². The van der Waals surface area contributed by atoms with Gasteiger partial charge in [0.15, 0.2) is 0 Å². The van der Waals surface area contributed by atoms with Crippen LogP contribution in [0.5, 0.6) is 5.75 Å². The highest BCUT2D eigenvalue weighted by atomic mass is 19.1. The maximum absolute atomic E-state index is 13.3. The number of nitrogens with zero attached hydrogens (tertiary/aromatic N) is 1. The van der Waals surface area contributed by atoms with Gasteiger partial charge in [0.2, 0.25) is 5.91 Å². The second kappa shape index (κ2) is 5.35. The van der Waals surface area contributed by atoms with E-state index in [0.29, 0.717) is 30.8 Å². The number of hydrogen-bond donors (Lipinski definition) is 1. The van der Waals surface area contributed by atoms with Gasteiger partial charge in [-0.15, -0.1) is 0 Å².